The Labute approximate surface area is 406 Å². The number of carbonyl (C=O) groups excluding carboxylic acids is 1. The van der Waals surface area contributed by atoms with Gasteiger partial charge in [-0.3, -0.25) is 9.08 Å². The molecule has 0 fully saturated rings. The summed E-state index contributed by atoms with van der Waals surface area (Å²) in [6.45, 7) is 10.1. The first kappa shape index (κ1) is 55.4. The van der Waals surface area contributed by atoms with Crippen molar-refractivity contribution in [3.63, 3.8) is 0 Å². The fourth-order valence-electron chi connectivity index (χ4n) is 5.63. The first-order chi connectivity index (χ1) is 33.2. The zero-order chi connectivity index (χ0) is 49.7. The molecule has 0 saturated carbocycles. The molecule has 5 rings (SSSR count). The Morgan fingerprint density at radius 2 is 1.04 bits per heavy atom. The van der Waals surface area contributed by atoms with E-state index >= 15 is 0 Å². The van der Waals surface area contributed by atoms with Crippen molar-refractivity contribution < 1.29 is 54.9 Å². The Morgan fingerprint density at radius 1 is 0.609 bits per heavy atom. The van der Waals surface area contributed by atoms with E-state index in [2.05, 4.69) is 27.4 Å². The van der Waals surface area contributed by atoms with E-state index in [1.54, 1.807) is 37.6 Å². The summed E-state index contributed by atoms with van der Waals surface area (Å²) in [4.78, 5) is 22.4. The number of rotatable bonds is 27. The number of amides is 1. The topological polar surface area (TPSA) is 166 Å². The first-order valence-electron chi connectivity index (χ1n) is 22.5. The molecule has 2 aromatic heterocycles. The van der Waals surface area contributed by atoms with E-state index in [0.29, 0.717) is 64.6 Å². The molecule has 15 nitrogen and oxygen atoms in total. The molecule has 17 heteroatoms. The molecule has 69 heavy (non-hydrogen) atoms. The van der Waals surface area contributed by atoms with Gasteiger partial charge in [-0.15, -0.1) is 0 Å². The van der Waals surface area contributed by atoms with Gasteiger partial charge in [0.25, 0.3) is 10.1 Å². The van der Waals surface area contributed by atoms with E-state index in [1.807, 2.05) is 114 Å². The number of nitrogens with one attached hydrogen (secondary N) is 1. The van der Waals surface area contributed by atoms with Crippen molar-refractivity contribution in [2.45, 2.75) is 38.2 Å². The normalized spacial score (nSPS) is 11.6. The summed E-state index contributed by atoms with van der Waals surface area (Å²) < 4.78 is 78.7. The number of pyridine rings is 2. The van der Waals surface area contributed by atoms with E-state index < -0.39 is 28.5 Å². The summed E-state index contributed by atoms with van der Waals surface area (Å²) in [6.07, 6.45) is 11.0. The number of alkyl halides is 1. The fourth-order valence-corrected chi connectivity index (χ4v) is 6.52. The van der Waals surface area contributed by atoms with Gasteiger partial charge < -0.3 is 38.5 Å². The second-order valence-electron chi connectivity index (χ2n) is 16.0. The van der Waals surface area contributed by atoms with Crippen LogP contribution in [-0.2, 0) is 38.0 Å². The zero-order valence-corrected chi connectivity index (χ0v) is 41.1. The lowest BCUT2D eigenvalue weighted by atomic mass is 10.1. The molecule has 1 N–H and O–H groups in total. The summed E-state index contributed by atoms with van der Waals surface area (Å²) in [6, 6.07) is 29.7. The summed E-state index contributed by atoms with van der Waals surface area (Å²) in [7, 11) is -0.212. The highest BCUT2D eigenvalue weighted by molar-refractivity contribution is 7.86. The number of benzene rings is 3. The number of nitrogens with zero attached hydrogens (tertiary/aromatic N) is 3. The Bertz CT molecular complexity index is 2380. The number of hydrogen-bond acceptors (Lipinski definition) is 14. The van der Waals surface area contributed by atoms with Gasteiger partial charge in [0.05, 0.1) is 64.4 Å². The number of aromatic nitrogens is 2. The molecule has 3 aromatic carbocycles. The first-order valence-corrected chi connectivity index (χ1v) is 23.9. The lowest BCUT2D eigenvalue weighted by Gasteiger charge is -2.24. The molecule has 5 aromatic rings. The monoisotopic (exact) mass is 972 g/mol. The smallest absolute Gasteiger partial charge is 0.414 e. The average Bonchev–Trinajstić information content (AvgIpc) is 3.34. The van der Waals surface area contributed by atoms with Gasteiger partial charge in [-0.2, -0.15) is 8.42 Å². The molecule has 372 valence electrons. The largest absolute Gasteiger partial charge is 0.475 e. The van der Waals surface area contributed by atoms with Crippen LogP contribution in [0.1, 0.15) is 48.6 Å². The molecule has 2 heterocycles. The summed E-state index contributed by atoms with van der Waals surface area (Å²) in [5, 5.41) is 3.09. The molecule has 0 saturated heterocycles. The number of hydrogen-bond donors (Lipinski definition) is 1. The van der Waals surface area contributed by atoms with Crippen LogP contribution in [0.25, 0.3) is 24.3 Å². The number of aryl methyl sites for hydroxylation is 1. The molecule has 0 aliphatic rings. The third-order valence-electron chi connectivity index (χ3n) is 9.30. The number of ether oxygens (including phenoxy) is 7. The Balaban J connectivity index is 0.000000340. The van der Waals surface area contributed by atoms with Gasteiger partial charge in [0, 0.05) is 50.0 Å². The molecular weight excluding hydrogens is 908 g/mol. The minimum absolute atomic E-state index is 0.0735. The van der Waals surface area contributed by atoms with Gasteiger partial charge in [0.1, 0.15) is 25.5 Å². The molecule has 1 amide bonds. The minimum atomic E-state index is -3.79. The summed E-state index contributed by atoms with van der Waals surface area (Å²) in [5.41, 5.74) is 6.24. The van der Waals surface area contributed by atoms with Crippen LogP contribution < -0.4 is 19.7 Å². The fraction of sp³-hybridized carbons (Fsp3) is 0.365. The van der Waals surface area contributed by atoms with Crippen molar-refractivity contribution in [2.75, 3.05) is 104 Å². The SMILES string of the molecule is CNc1ccc(/C=C/c2ccc(OCCOCCOCCF)nc2)cc1.Cc1ccc(S(=O)(=O)OCCOCCOCCOc2ccc(/C=C/c3ccc(N(C)C(=O)OC(C)(C)C)cc3)cn2)cc1. The van der Waals surface area contributed by atoms with Crippen LogP contribution in [-0.4, -0.2) is 124 Å². The maximum Gasteiger partial charge on any atom is 0.414 e. The van der Waals surface area contributed by atoms with Gasteiger partial charge in [0.2, 0.25) is 11.8 Å². The van der Waals surface area contributed by atoms with Gasteiger partial charge in [-0.1, -0.05) is 66.3 Å². The maximum absolute atomic E-state index is 12.2. The maximum atomic E-state index is 12.2. The molecule has 0 aliphatic heterocycles. The Morgan fingerprint density at radius 3 is 1.49 bits per heavy atom. The minimum Gasteiger partial charge on any atom is -0.475 e. The molecule has 0 aliphatic carbocycles. The van der Waals surface area contributed by atoms with Crippen molar-refractivity contribution in [2.24, 2.45) is 0 Å². The quantitative estimate of drug-likeness (QED) is 0.0391. The second kappa shape index (κ2) is 30.3. The zero-order valence-electron chi connectivity index (χ0n) is 40.3. The Kier molecular flexibility index (Phi) is 24.3. The van der Waals surface area contributed by atoms with Crippen LogP contribution in [0.15, 0.2) is 114 Å². The third-order valence-corrected chi connectivity index (χ3v) is 10.6. The van der Waals surface area contributed by atoms with Crippen LogP contribution in [0.4, 0.5) is 20.6 Å². The summed E-state index contributed by atoms with van der Waals surface area (Å²) in [5.74, 6) is 1.04. The highest BCUT2D eigenvalue weighted by atomic mass is 32.2. The third kappa shape index (κ3) is 22.6. The van der Waals surface area contributed by atoms with Crippen LogP contribution in [0.3, 0.4) is 0 Å². The van der Waals surface area contributed by atoms with E-state index in [4.69, 9.17) is 37.3 Å². The van der Waals surface area contributed by atoms with Crippen LogP contribution in [0.2, 0.25) is 0 Å². The highest BCUT2D eigenvalue weighted by Crippen LogP contribution is 2.20. The summed E-state index contributed by atoms with van der Waals surface area (Å²) >= 11 is 0. The Hall–Kier alpha value is -6.21. The van der Waals surface area contributed by atoms with Crippen molar-refractivity contribution in [1.29, 1.82) is 0 Å². The van der Waals surface area contributed by atoms with Gasteiger partial charge in [-0.05, 0) is 98.5 Å². The standard InChI is InChI=1S/C32H40N2O8S.C20H25FN2O3/c1-25-6-15-29(16-7-25)43(36,37)41-23-21-39-19-18-38-20-22-40-30-17-12-27(24-33-30)9-8-26-10-13-28(14-11-26)34(5)31(35)42-32(2,3)4;1-22-19-7-4-17(5-8-19)2-3-18-6-9-20(23-16-18)26-15-14-25-13-12-24-11-10-21/h6-17,24H,18-23H2,1-5H3;2-9,16,22H,10-15H2,1H3/b9-8+;3-2+. The van der Waals surface area contributed by atoms with Gasteiger partial charge in [0.15, 0.2) is 0 Å². The molecule has 0 unspecified atom stereocenters. The van der Waals surface area contributed by atoms with Crippen LogP contribution >= 0.6 is 0 Å². The van der Waals surface area contributed by atoms with Crippen LogP contribution in [0, 0.1) is 6.92 Å². The predicted molar refractivity (Wildman–Crippen MR) is 268 cm³/mol. The highest BCUT2D eigenvalue weighted by Gasteiger charge is 2.20. The lowest BCUT2D eigenvalue weighted by molar-refractivity contribution is 0.0275. The van der Waals surface area contributed by atoms with Crippen molar-refractivity contribution >= 4 is 51.9 Å². The van der Waals surface area contributed by atoms with E-state index in [1.165, 1.54) is 17.0 Å². The van der Waals surface area contributed by atoms with Crippen molar-refractivity contribution in [3.05, 3.63) is 137 Å². The van der Waals surface area contributed by atoms with Crippen LogP contribution in [0.5, 0.6) is 11.8 Å². The van der Waals surface area contributed by atoms with Crippen molar-refractivity contribution in [1.82, 2.24) is 9.97 Å². The number of anilines is 2. The number of carbonyl (C=O) groups is 1. The molecule has 0 spiro atoms. The molecular formula is C52H65FN4O11S. The van der Waals surface area contributed by atoms with Gasteiger partial charge >= 0.3 is 6.09 Å². The molecule has 0 atom stereocenters. The lowest BCUT2D eigenvalue weighted by Crippen LogP contribution is -2.34. The van der Waals surface area contributed by atoms with E-state index in [0.717, 1.165) is 39.2 Å². The number of halogens is 1. The van der Waals surface area contributed by atoms with Crippen molar-refractivity contribution in [3.8, 4) is 11.8 Å². The van der Waals surface area contributed by atoms with E-state index in [-0.39, 0.29) is 24.7 Å². The average molecular weight is 973 g/mol. The second-order valence-corrected chi connectivity index (χ2v) is 17.6. The molecule has 0 radical (unpaired) electrons. The van der Waals surface area contributed by atoms with Gasteiger partial charge in [-0.25, -0.2) is 19.2 Å². The molecule has 0 bridgehead atoms. The predicted octanol–water partition coefficient (Wildman–Crippen LogP) is 9.42. The van der Waals surface area contributed by atoms with E-state index in [9.17, 15) is 17.6 Å².